The zero-order valence-corrected chi connectivity index (χ0v) is 14.3. The van der Waals surface area contributed by atoms with Crippen molar-refractivity contribution in [2.75, 3.05) is 7.05 Å². The average Bonchev–Trinajstić information content (AvgIpc) is 3.16. The van der Waals surface area contributed by atoms with Gasteiger partial charge in [-0.3, -0.25) is 0 Å². The maximum Gasteiger partial charge on any atom is 0.233 e. The molecule has 5 nitrogen and oxygen atoms in total. The number of rotatable bonds is 3. The normalized spacial score (nSPS) is 26.2. The third-order valence-corrected chi connectivity index (χ3v) is 5.73. The molecule has 2 atom stereocenters. The van der Waals surface area contributed by atoms with Crippen LogP contribution in [0, 0.1) is 0 Å². The van der Waals surface area contributed by atoms with E-state index < -0.39 is 0 Å². The van der Waals surface area contributed by atoms with Crippen molar-refractivity contribution in [2.24, 2.45) is 0 Å². The number of fused-ring (bicyclic) bond motifs is 3. The van der Waals surface area contributed by atoms with Crippen LogP contribution < -0.4 is 4.74 Å². The molecule has 3 aromatic rings. The summed E-state index contributed by atoms with van der Waals surface area (Å²) in [4.78, 5) is 2.51. The van der Waals surface area contributed by atoms with Gasteiger partial charge in [0.1, 0.15) is 11.7 Å². The van der Waals surface area contributed by atoms with Gasteiger partial charge >= 0.3 is 0 Å². The molecule has 128 valence electrons. The molecule has 0 N–H and O–H groups in total. The van der Waals surface area contributed by atoms with Crippen LogP contribution in [-0.4, -0.2) is 40.3 Å². The number of hydrogen-bond acceptors (Lipinski definition) is 5. The molecule has 4 heterocycles. The predicted molar refractivity (Wildman–Crippen MR) is 95.5 cm³/mol. The minimum absolute atomic E-state index is 0.260. The first kappa shape index (κ1) is 14.9. The van der Waals surface area contributed by atoms with Crippen LogP contribution in [0.15, 0.2) is 47.1 Å². The van der Waals surface area contributed by atoms with E-state index in [1.807, 2.05) is 30.3 Å². The first-order valence-electron chi connectivity index (χ1n) is 8.96. The molecular weight excluding hydrogens is 314 g/mol. The molecule has 0 aliphatic carbocycles. The Morgan fingerprint density at radius 3 is 2.64 bits per heavy atom. The average molecular weight is 335 g/mol. The number of ether oxygens (including phenoxy) is 1. The lowest BCUT2D eigenvalue weighted by Gasteiger charge is -2.35. The second-order valence-corrected chi connectivity index (χ2v) is 7.19. The maximum atomic E-state index is 6.12. The largest absolute Gasteiger partial charge is 0.473 e. The molecule has 0 spiro atoms. The molecule has 2 unspecified atom stereocenters. The number of benzene rings is 1. The molecule has 5 rings (SSSR count). The Bertz CT molecular complexity index is 875. The van der Waals surface area contributed by atoms with E-state index in [0.717, 1.165) is 35.1 Å². The van der Waals surface area contributed by atoms with Crippen molar-refractivity contribution in [3.63, 3.8) is 0 Å². The lowest BCUT2D eigenvalue weighted by molar-refractivity contribution is 0.0626. The van der Waals surface area contributed by atoms with Crippen molar-refractivity contribution in [3.05, 3.63) is 42.7 Å². The molecule has 0 saturated carbocycles. The van der Waals surface area contributed by atoms with Crippen LogP contribution in [0.25, 0.3) is 22.2 Å². The van der Waals surface area contributed by atoms with Crippen LogP contribution in [0.2, 0.25) is 0 Å². The van der Waals surface area contributed by atoms with Crippen molar-refractivity contribution in [3.8, 4) is 17.1 Å². The third kappa shape index (κ3) is 2.68. The number of aromatic nitrogens is 2. The number of piperidine rings is 1. The second-order valence-electron chi connectivity index (χ2n) is 7.19. The minimum atomic E-state index is 0.260. The number of nitrogens with zero attached hydrogens (tertiary/aromatic N) is 3. The Morgan fingerprint density at radius 2 is 1.88 bits per heavy atom. The van der Waals surface area contributed by atoms with Crippen molar-refractivity contribution < 1.29 is 9.15 Å². The highest BCUT2D eigenvalue weighted by molar-refractivity contribution is 5.82. The molecule has 2 aliphatic heterocycles. The third-order valence-electron chi connectivity index (χ3n) is 5.73. The summed E-state index contributed by atoms with van der Waals surface area (Å²) in [7, 11) is 2.24. The molecule has 0 amide bonds. The van der Waals surface area contributed by atoms with Gasteiger partial charge in [0, 0.05) is 29.1 Å². The van der Waals surface area contributed by atoms with E-state index in [0.29, 0.717) is 18.0 Å². The van der Waals surface area contributed by atoms with Gasteiger partial charge in [-0.1, -0.05) is 0 Å². The van der Waals surface area contributed by atoms with Crippen LogP contribution in [-0.2, 0) is 0 Å². The zero-order valence-electron chi connectivity index (χ0n) is 14.3. The second kappa shape index (κ2) is 5.85. The summed E-state index contributed by atoms with van der Waals surface area (Å²) in [6.45, 7) is 0. The van der Waals surface area contributed by atoms with E-state index in [4.69, 9.17) is 9.15 Å². The first-order valence-corrected chi connectivity index (χ1v) is 8.96. The smallest absolute Gasteiger partial charge is 0.233 e. The number of hydrogen-bond donors (Lipinski definition) is 0. The molecule has 25 heavy (non-hydrogen) atoms. The van der Waals surface area contributed by atoms with Crippen molar-refractivity contribution in [2.45, 2.75) is 43.9 Å². The summed E-state index contributed by atoms with van der Waals surface area (Å²) in [6, 6.07) is 13.2. The highest BCUT2D eigenvalue weighted by Crippen LogP contribution is 2.35. The van der Waals surface area contributed by atoms with Gasteiger partial charge in [-0.2, -0.15) is 0 Å². The van der Waals surface area contributed by atoms with Crippen LogP contribution in [0.4, 0.5) is 0 Å². The standard InChI is InChI=1S/C20H21N3O2/c1-23-15-3-4-16(23)12-17(11-15)25-20-7-5-18(21-22-20)13-2-6-19-14(10-13)8-9-24-19/h2,5-10,15-17H,3-4,11-12H2,1H3. The van der Waals surface area contributed by atoms with Crippen molar-refractivity contribution in [1.82, 2.24) is 15.1 Å². The van der Waals surface area contributed by atoms with Crippen LogP contribution in [0.1, 0.15) is 25.7 Å². The molecule has 2 fully saturated rings. The Hall–Kier alpha value is -2.40. The first-order chi connectivity index (χ1) is 12.3. The van der Waals surface area contributed by atoms with Crippen LogP contribution >= 0.6 is 0 Å². The van der Waals surface area contributed by atoms with E-state index in [-0.39, 0.29) is 6.10 Å². The summed E-state index contributed by atoms with van der Waals surface area (Å²) in [5.74, 6) is 0.627. The monoisotopic (exact) mass is 335 g/mol. The lowest BCUT2D eigenvalue weighted by Crippen LogP contribution is -2.43. The fourth-order valence-corrected chi connectivity index (χ4v) is 4.29. The van der Waals surface area contributed by atoms with Gasteiger partial charge in [0.25, 0.3) is 0 Å². The topological polar surface area (TPSA) is 51.4 Å². The van der Waals surface area contributed by atoms with Crippen molar-refractivity contribution in [1.29, 1.82) is 0 Å². The quantitative estimate of drug-likeness (QED) is 0.727. The molecule has 2 bridgehead atoms. The molecule has 5 heteroatoms. The molecule has 2 aliphatic rings. The van der Waals surface area contributed by atoms with Crippen LogP contribution in [0.5, 0.6) is 5.88 Å². The van der Waals surface area contributed by atoms with Gasteiger partial charge < -0.3 is 14.1 Å². The van der Waals surface area contributed by atoms with E-state index >= 15 is 0 Å². The molecule has 0 radical (unpaired) electrons. The fourth-order valence-electron chi connectivity index (χ4n) is 4.29. The van der Waals surface area contributed by atoms with Gasteiger partial charge in [0.2, 0.25) is 5.88 Å². The highest BCUT2D eigenvalue weighted by atomic mass is 16.5. The molecular formula is C20H21N3O2. The summed E-state index contributed by atoms with van der Waals surface area (Å²) >= 11 is 0. The molecule has 2 saturated heterocycles. The highest BCUT2D eigenvalue weighted by Gasteiger charge is 2.39. The van der Waals surface area contributed by atoms with Gasteiger partial charge in [-0.15, -0.1) is 10.2 Å². The minimum Gasteiger partial charge on any atom is -0.473 e. The number of furan rings is 1. The van der Waals surface area contributed by atoms with Gasteiger partial charge in [0.05, 0.1) is 12.0 Å². The SMILES string of the molecule is CN1C2CCC1CC(Oc1ccc(-c3ccc4occc4c3)nn1)C2. The predicted octanol–water partition coefficient (Wildman–Crippen LogP) is 3.89. The molecule has 1 aromatic carbocycles. The Balaban J connectivity index is 1.31. The Kier molecular flexibility index (Phi) is 3.48. The molecule has 2 aromatic heterocycles. The maximum absolute atomic E-state index is 6.12. The van der Waals surface area contributed by atoms with E-state index in [9.17, 15) is 0 Å². The van der Waals surface area contributed by atoms with E-state index in [2.05, 4.69) is 28.2 Å². The van der Waals surface area contributed by atoms with E-state index in [1.54, 1.807) is 6.26 Å². The van der Waals surface area contributed by atoms with Crippen LogP contribution in [0.3, 0.4) is 0 Å². The Morgan fingerprint density at radius 1 is 1.04 bits per heavy atom. The lowest BCUT2D eigenvalue weighted by atomic mass is 10.0. The van der Waals surface area contributed by atoms with Gasteiger partial charge in [0.15, 0.2) is 0 Å². The van der Waals surface area contributed by atoms with Gasteiger partial charge in [-0.25, -0.2) is 0 Å². The zero-order chi connectivity index (χ0) is 16.8. The Labute approximate surface area is 146 Å². The van der Waals surface area contributed by atoms with Gasteiger partial charge in [-0.05, 0) is 63.1 Å². The summed E-state index contributed by atoms with van der Waals surface area (Å²) in [5.41, 5.74) is 2.76. The summed E-state index contributed by atoms with van der Waals surface area (Å²) in [5, 5.41) is 9.73. The van der Waals surface area contributed by atoms with Crippen molar-refractivity contribution >= 4 is 11.0 Å². The summed E-state index contributed by atoms with van der Waals surface area (Å²) in [6.07, 6.45) is 6.73. The summed E-state index contributed by atoms with van der Waals surface area (Å²) < 4.78 is 11.5. The van der Waals surface area contributed by atoms with E-state index in [1.165, 1.54) is 12.8 Å². The fraction of sp³-hybridized carbons (Fsp3) is 0.400.